The van der Waals surface area contributed by atoms with E-state index in [0.717, 1.165) is 11.3 Å². The SMILES string of the molecule is Cc1nc(S(=O)(=O)c2ccccc2)c(C=O)s1. The minimum Gasteiger partial charge on any atom is -0.297 e. The highest BCUT2D eigenvalue weighted by molar-refractivity contribution is 7.91. The Balaban J connectivity index is 2.64. The number of hydrogen-bond donors (Lipinski definition) is 0. The van der Waals surface area contributed by atoms with Gasteiger partial charge in [-0.05, 0) is 19.1 Å². The van der Waals surface area contributed by atoms with E-state index in [2.05, 4.69) is 4.98 Å². The van der Waals surface area contributed by atoms with Gasteiger partial charge in [0.15, 0.2) is 11.3 Å². The van der Waals surface area contributed by atoms with Gasteiger partial charge in [-0.2, -0.15) is 0 Å². The number of thiazole rings is 1. The van der Waals surface area contributed by atoms with Crippen LogP contribution in [0.4, 0.5) is 0 Å². The first-order chi connectivity index (χ1) is 8.05. The monoisotopic (exact) mass is 267 g/mol. The number of aryl methyl sites for hydroxylation is 1. The van der Waals surface area contributed by atoms with Gasteiger partial charge in [0.2, 0.25) is 9.84 Å². The van der Waals surface area contributed by atoms with Gasteiger partial charge < -0.3 is 0 Å². The van der Waals surface area contributed by atoms with Gasteiger partial charge in [0.1, 0.15) is 4.88 Å². The molecule has 0 N–H and O–H groups in total. The number of nitrogens with zero attached hydrogens (tertiary/aromatic N) is 1. The smallest absolute Gasteiger partial charge is 0.225 e. The predicted molar refractivity (Wildman–Crippen MR) is 64.1 cm³/mol. The molecule has 0 bridgehead atoms. The van der Waals surface area contributed by atoms with Gasteiger partial charge in [0.25, 0.3) is 0 Å². The van der Waals surface area contributed by atoms with Crippen LogP contribution < -0.4 is 0 Å². The molecule has 4 nitrogen and oxygen atoms in total. The second-order valence-corrected chi connectivity index (χ2v) is 6.44. The topological polar surface area (TPSA) is 64.1 Å². The summed E-state index contributed by atoms with van der Waals surface area (Å²) in [5.74, 6) is 0. The molecule has 1 aromatic heterocycles. The Morgan fingerprint density at radius 3 is 2.47 bits per heavy atom. The van der Waals surface area contributed by atoms with E-state index >= 15 is 0 Å². The summed E-state index contributed by atoms with van der Waals surface area (Å²) in [5, 5.41) is 0.405. The van der Waals surface area contributed by atoms with Crippen LogP contribution in [0.3, 0.4) is 0 Å². The molecule has 17 heavy (non-hydrogen) atoms. The normalized spacial score (nSPS) is 11.4. The van der Waals surface area contributed by atoms with Crippen molar-refractivity contribution in [3.05, 3.63) is 40.2 Å². The molecule has 0 saturated carbocycles. The number of aldehydes is 1. The van der Waals surface area contributed by atoms with Crippen molar-refractivity contribution in [3.63, 3.8) is 0 Å². The van der Waals surface area contributed by atoms with Gasteiger partial charge in [0, 0.05) is 0 Å². The summed E-state index contributed by atoms with van der Waals surface area (Å²) in [7, 11) is -3.69. The lowest BCUT2D eigenvalue weighted by molar-refractivity contribution is 0.112. The zero-order valence-corrected chi connectivity index (χ0v) is 10.6. The van der Waals surface area contributed by atoms with Crippen LogP contribution in [0.1, 0.15) is 14.7 Å². The summed E-state index contributed by atoms with van der Waals surface area (Å²) in [5.41, 5.74) is 0. The van der Waals surface area contributed by atoms with E-state index in [4.69, 9.17) is 0 Å². The Morgan fingerprint density at radius 1 is 1.24 bits per heavy atom. The summed E-state index contributed by atoms with van der Waals surface area (Å²) in [4.78, 5) is 15.0. The van der Waals surface area contributed by atoms with Crippen LogP contribution in [-0.2, 0) is 9.84 Å². The van der Waals surface area contributed by atoms with Crippen molar-refractivity contribution >= 4 is 27.5 Å². The molecule has 1 heterocycles. The molecule has 0 radical (unpaired) electrons. The predicted octanol–water partition coefficient (Wildman–Crippen LogP) is 2.10. The lowest BCUT2D eigenvalue weighted by Gasteiger charge is -2.01. The number of carbonyl (C=O) groups excluding carboxylic acids is 1. The Bertz CT molecular complexity index is 645. The highest BCUT2D eigenvalue weighted by atomic mass is 32.2. The van der Waals surface area contributed by atoms with Crippen LogP contribution in [0, 0.1) is 6.92 Å². The third kappa shape index (κ3) is 2.13. The summed E-state index contributed by atoms with van der Waals surface area (Å²) in [6.45, 7) is 1.67. The number of sulfone groups is 1. The zero-order chi connectivity index (χ0) is 12.5. The van der Waals surface area contributed by atoms with Crippen molar-refractivity contribution in [3.8, 4) is 0 Å². The molecule has 0 aliphatic rings. The number of carbonyl (C=O) groups is 1. The summed E-state index contributed by atoms with van der Waals surface area (Å²) >= 11 is 1.08. The molecule has 0 unspecified atom stereocenters. The van der Waals surface area contributed by atoms with Gasteiger partial charge in [0.05, 0.1) is 9.90 Å². The van der Waals surface area contributed by atoms with Gasteiger partial charge in [-0.3, -0.25) is 4.79 Å². The molecule has 1 aromatic carbocycles. The van der Waals surface area contributed by atoms with E-state index in [-0.39, 0.29) is 14.8 Å². The number of aromatic nitrogens is 1. The van der Waals surface area contributed by atoms with Crippen molar-refractivity contribution in [1.82, 2.24) is 4.98 Å². The molecule has 0 saturated heterocycles. The maximum Gasteiger partial charge on any atom is 0.225 e. The molecule has 0 amide bonds. The van der Waals surface area contributed by atoms with E-state index < -0.39 is 9.84 Å². The molecule has 88 valence electrons. The van der Waals surface area contributed by atoms with Crippen molar-refractivity contribution in [2.75, 3.05) is 0 Å². The third-order valence-electron chi connectivity index (χ3n) is 2.14. The largest absolute Gasteiger partial charge is 0.297 e. The Labute approximate surface area is 103 Å². The molecular weight excluding hydrogens is 258 g/mol. The average Bonchev–Trinajstić information content (AvgIpc) is 2.72. The molecule has 6 heteroatoms. The maximum absolute atomic E-state index is 12.2. The minimum atomic E-state index is -3.69. The Morgan fingerprint density at radius 2 is 1.88 bits per heavy atom. The van der Waals surface area contributed by atoms with Crippen molar-refractivity contribution in [1.29, 1.82) is 0 Å². The van der Waals surface area contributed by atoms with E-state index in [0.29, 0.717) is 11.3 Å². The highest BCUT2D eigenvalue weighted by Gasteiger charge is 2.24. The van der Waals surface area contributed by atoms with Crippen molar-refractivity contribution in [2.45, 2.75) is 16.8 Å². The quantitative estimate of drug-likeness (QED) is 0.799. The van der Waals surface area contributed by atoms with Crippen LogP contribution >= 0.6 is 11.3 Å². The average molecular weight is 267 g/mol. The van der Waals surface area contributed by atoms with Crippen LogP contribution in [0.2, 0.25) is 0 Å². The van der Waals surface area contributed by atoms with Gasteiger partial charge >= 0.3 is 0 Å². The van der Waals surface area contributed by atoms with Crippen LogP contribution in [-0.4, -0.2) is 19.7 Å². The summed E-state index contributed by atoms with van der Waals surface area (Å²) in [6.07, 6.45) is 0.528. The van der Waals surface area contributed by atoms with Gasteiger partial charge in [-0.15, -0.1) is 11.3 Å². The fourth-order valence-corrected chi connectivity index (χ4v) is 3.86. The molecule has 2 rings (SSSR count). The van der Waals surface area contributed by atoms with E-state index in [1.54, 1.807) is 25.1 Å². The molecule has 0 aliphatic heterocycles. The van der Waals surface area contributed by atoms with E-state index in [9.17, 15) is 13.2 Å². The van der Waals surface area contributed by atoms with Crippen LogP contribution in [0.15, 0.2) is 40.3 Å². The van der Waals surface area contributed by atoms with Crippen LogP contribution in [0.5, 0.6) is 0 Å². The lowest BCUT2D eigenvalue weighted by Crippen LogP contribution is -2.04. The van der Waals surface area contributed by atoms with E-state index in [1.807, 2.05) is 0 Å². The summed E-state index contributed by atoms with van der Waals surface area (Å²) < 4.78 is 24.4. The van der Waals surface area contributed by atoms with Crippen molar-refractivity contribution < 1.29 is 13.2 Å². The van der Waals surface area contributed by atoms with Crippen molar-refractivity contribution in [2.24, 2.45) is 0 Å². The zero-order valence-electron chi connectivity index (χ0n) is 8.95. The fourth-order valence-electron chi connectivity index (χ4n) is 1.40. The first kappa shape index (κ1) is 11.9. The molecule has 0 aliphatic carbocycles. The molecule has 2 aromatic rings. The number of rotatable bonds is 3. The standard InChI is InChI=1S/C11H9NO3S2/c1-8-12-11(10(7-13)16-8)17(14,15)9-5-3-2-4-6-9/h2-7H,1H3. The second-order valence-electron chi connectivity index (χ2n) is 3.34. The van der Waals surface area contributed by atoms with Gasteiger partial charge in [-0.1, -0.05) is 18.2 Å². The molecular formula is C11H9NO3S2. The molecule has 0 atom stereocenters. The maximum atomic E-state index is 12.2. The fraction of sp³-hybridized carbons (Fsp3) is 0.0909. The Hall–Kier alpha value is -1.53. The van der Waals surface area contributed by atoms with E-state index in [1.165, 1.54) is 12.1 Å². The molecule has 0 fully saturated rings. The minimum absolute atomic E-state index is 0.145. The number of hydrogen-bond acceptors (Lipinski definition) is 5. The Kier molecular flexibility index (Phi) is 3.08. The molecule has 0 spiro atoms. The third-order valence-corrected chi connectivity index (χ3v) is 4.88. The highest BCUT2D eigenvalue weighted by Crippen LogP contribution is 2.26. The first-order valence-electron chi connectivity index (χ1n) is 4.78. The van der Waals surface area contributed by atoms with Crippen LogP contribution in [0.25, 0.3) is 0 Å². The summed E-state index contributed by atoms with van der Waals surface area (Å²) in [6, 6.07) is 7.96. The lowest BCUT2D eigenvalue weighted by atomic mass is 10.4. The van der Waals surface area contributed by atoms with Gasteiger partial charge in [-0.25, -0.2) is 13.4 Å². The number of benzene rings is 1. The first-order valence-corrected chi connectivity index (χ1v) is 7.08. The second kappa shape index (κ2) is 4.38.